The number of pyridine rings is 1. The lowest BCUT2D eigenvalue weighted by Crippen LogP contribution is -1.99. The van der Waals surface area contributed by atoms with Gasteiger partial charge in [0, 0.05) is 30.4 Å². The smallest absolute Gasteiger partial charge is 0.313 e. The quantitative estimate of drug-likeness (QED) is 0.744. The highest BCUT2D eigenvalue weighted by Crippen LogP contribution is 2.27. The Morgan fingerprint density at radius 2 is 2.24 bits per heavy atom. The fourth-order valence-corrected chi connectivity index (χ4v) is 2.64. The molecule has 0 aromatic carbocycles. The van der Waals surface area contributed by atoms with Gasteiger partial charge in [0.05, 0.1) is 23.8 Å². The standard InChI is InChI=1S/C14H12N4O2S/c1-18-5-3-10-9(2-4-16-14(10)18)11-6-15-7-12(17-11)21-8-13(19)20/h2-7H,8H2,1H3,(H,19,20). The fourth-order valence-electron chi connectivity index (χ4n) is 2.07. The lowest BCUT2D eigenvalue weighted by Gasteiger charge is -2.05. The maximum Gasteiger partial charge on any atom is 0.313 e. The van der Waals surface area contributed by atoms with Crippen LogP contribution in [0.15, 0.2) is 41.9 Å². The zero-order chi connectivity index (χ0) is 14.8. The molecule has 0 aliphatic heterocycles. The molecular weight excluding hydrogens is 288 g/mol. The minimum atomic E-state index is -0.874. The van der Waals surface area contributed by atoms with Crippen molar-refractivity contribution in [3.05, 3.63) is 36.9 Å². The number of carbonyl (C=O) groups is 1. The van der Waals surface area contributed by atoms with Crippen molar-refractivity contribution < 1.29 is 9.90 Å². The molecule has 0 aliphatic rings. The van der Waals surface area contributed by atoms with Crippen LogP contribution >= 0.6 is 11.8 Å². The second kappa shape index (κ2) is 5.53. The van der Waals surface area contributed by atoms with Gasteiger partial charge in [-0.25, -0.2) is 9.97 Å². The highest BCUT2D eigenvalue weighted by molar-refractivity contribution is 7.99. The van der Waals surface area contributed by atoms with E-state index < -0.39 is 5.97 Å². The van der Waals surface area contributed by atoms with E-state index in [1.54, 1.807) is 18.6 Å². The zero-order valence-corrected chi connectivity index (χ0v) is 12.0. The van der Waals surface area contributed by atoms with Crippen LogP contribution in [-0.2, 0) is 11.8 Å². The Morgan fingerprint density at radius 3 is 3.05 bits per heavy atom. The van der Waals surface area contributed by atoms with Gasteiger partial charge in [-0.15, -0.1) is 0 Å². The van der Waals surface area contributed by atoms with E-state index in [1.807, 2.05) is 29.9 Å². The number of carboxylic acid groups (broad SMARTS) is 1. The molecule has 0 bridgehead atoms. The summed E-state index contributed by atoms with van der Waals surface area (Å²) in [6, 6.07) is 3.87. The van der Waals surface area contributed by atoms with Gasteiger partial charge < -0.3 is 9.67 Å². The van der Waals surface area contributed by atoms with E-state index in [0.29, 0.717) is 10.7 Å². The summed E-state index contributed by atoms with van der Waals surface area (Å²) in [5.41, 5.74) is 2.52. The van der Waals surface area contributed by atoms with Crippen LogP contribution in [0.2, 0.25) is 0 Å². The third kappa shape index (κ3) is 2.73. The predicted molar refractivity (Wildman–Crippen MR) is 80.1 cm³/mol. The van der Waals surface area contributed by atoms with E-state index in [0.717, 1.165) is 28.4 Å². The number of hydrogen-bond donors (Lipinski definition) is 1. The number of fused-ring (bicyclic) bond motifs is 1. The van der Waals surface area contributed by atoms with Gasteiger partial charge in [0.1, 0.15) is 10.7 Å². The average Bonchev–Trinajstić information content (AvgIpc) is 2.87. The molecule has 0 radical (unpaired) electrons. The normalized spacial score (nSPS) is 10.9. The Labute approximate surface area is 124 Å². The van der Waals surface area contributed by atoms with Crippen molar-refractivity contribution in [3.8, 4) is 11.3 Å². The first-order valence-electron chi connectivity index (χ1n) is 6.22. The maximum absolute atomic E-state index is 10.6. The summed E-state index contributed by atoms with van der Waals surface area (Å²) in [6.45, 7) is 0. The molecule has 6 nitrogen and oxygen atoms in total. The molecule has 1 N–H and O–H groups in total. The molecule has 3 aromatic heterocycles. The Balaban J connectivity index is 2.02. The molecule has 0 atom stereocenters. The molecule has 0 saturated carbocycles. The van der Waals surface area contributed by atoms with Crippen molar-refractivity contribution in [2.24, 2.45) is 7.05 Å². The summed E-state index contributed by atoms with van der Waals surface area (Å²) in [5, 5.41) is 10.3. The predicted octanol–water partition coefficient (Wildman–Crippen LogP) is 2.21. The topological polar surface area (TPSA) is 80.9 Å². The number of carboxylic acids is 1. The molecule has 106 valence electrons. The summed E-state index contributed by atoms with van der Waals surface area (Å²) < 4.78 is 1.94. The molecule has 0 saturated heterocycles. The Kier molecular flexibility index (Phi) is 3.57. The van der Waals surface area contributed by atoms with E-state index in [4.69, 9.17) is 5.11 Å². The van der Waals surface area contributed by atoms with E-state index in [2.05, 4.69) is 15.0 Å². The van der Waals surface area contributed by atoms with Gasteiger partial charge in [-0.3, -0.25) is 9.78 Å². The second-order valence-corrected chi connectivity index (χ2v) is 5.44. The van der Waals surface area contributed by atoms with Gasteiger partial charge >= 0.3 is 5.97 Å². The molecule has 3 aromatic rings. The second-order valence-electron chi connectivity index (χ2n) is 4.45. The maximum atomic E-state index is 10.6. The zero-order valence-electron chi connectivity index (χ0n) is 11.2. The van der Waals surface area contributed by atoms with E-state index >= 15 is 0 Å². The lowest BCUT2D eigenvalue weighted by atomic mass is 10.1. The number of thioether (sulfide) groups is 1. The van der Waals surface area contributed by atoms with E-state index in [1.165, 1.54) is 0 Å². The Morgan fingerprint density at radius 1 is 1.38 bits per heavy atom. The van der Waals surface area contributed by atoms with Gasteiger partial charge in [-0.2, -0.15) is 0 Å². The highest BCUT2D eigenvalue weighted by Gasteiger charge is 2.10. The third-order valence-corrected chi connectivity index (χ3v) is 3.88. The molecule has 0 unspecified atom stereocenters. The Bertz CT molecular complexity index is 816. The first-order valence-corrected chi connectivity index (χ1v) is 7.21. The van der Waals surface area contributed by atoms with Crippen molar-refractivity contribution in [2.75, 3.05) is 5.75 Å². The van der Waals surface area contributed by atoms with E-state index in [-0.39, 0.29) is 5.75 Å². The van der Waals surface area contributed by atoms with Crippen molar-refractivity contribution >= 4 is 28.8 Å². The highest BCUT2D eigenvalue weighted by atomic mass is 32.2. The minimum Gasteiger partial charge on any atom is -0.481 e. The minimum absolute atomic E-state index is 0.0325. The SMILES string of the molecule is Cn1ccc2c(-c3cncc(SCC(=O)O)n3)ccnc21. The summed E-state index contributed by atoms with van der Waals surface area (Å²) in [6.07, 6.45) is 6.92. The number of rotatable bonds is 4. The summed E-state index contributed by atoms with van der Waals surface area (Å²) in [4.78, 5) is 23.6. The molecule has 0 amide bonds. The molecular formula is C14H12N4O2S. The van der Waals surface area contributed by atoms with Gasteiger partial charge in [0.2, 0.25) is 0 Å². The van der Waals surface area contributed by atoms with Crippen LogP contribution in [0.4, 0.5) is 0 Å². The van der Waals surface area contributed by atoms with Crippen molar-refractivity contribution in [1.82, 2.24) is 19.5 Å². The summed E-state index contributed by atoms with van der Waals surface area (Å²) in [7, 11) is 1.93. The molecule has 0 fully saturated rings. The number of hydrogen-bond acceptors (Lipinski definition) is 5. The monoisotopic (exact) mass is 300 g/mol. The van der Waals surface area contributed by atoms with Crippen molar-refractivity contribution in [2.45, 2.75) is 5.03 Å². The summed E-state index contributed by atoms with van der Waals surface area (Å²) >= 11 is 1.15. The molecule has 3 rings (SSSR count). The van der Waals surface area contributed by atoms with Gasteiger partial charge in [0.15, 0.2) is 0 Å². The van der Waals surface area contributed by atoms with Gasteiger partial charge in [-0.05, 0) is 12.1 Å². The number of aryl methyl sites for hydroxylation is 1. The molecule has 0 aliphatic carbocycles. The van der Waals surface area contributed by atoms with Crippen molar-refractivity contribution in [3.63, 3.8) is 0 Å². The number of aliphatic carboxylic acids is 1. The summed E-state index contributed by atoms with van der Waals surface area (Å²) in [5.74, 6) is -0.906. The third-order valence-electron chi connectivity index (χ3n) is 3.00. The van der Waals surface area contributed by atoms with Crippen LogP contribution < -0.4 is 0 Å². The first-order chi connectivity index (χ1) is 10.1. The molecule has 0 spiro atoms. The van der Waals surface area contributed by atoms with Crippen LogP contribution in [0.25, 0.3) is 22.3 Å². The molecule has 21 heavy (non-hydrogen) atoms. The fraction of sp³-hybridized carbons (Fsp3) is 0.143. The van der Waals surface area contributed by atoms with E-state index in [9.17, 15) is 4.79 Å². The van der Waals surface area contributed by atoms with Crippen LogP contribution in [0.3, 0.4) is 0 Å². The molecule has 3 heterocycles. The van der Waals surface area contributed by atoms with Gasteiger partial charge in [-0.1, -0.05) is 11.8 Å². The first kappa shape index (κ1) is 13.6. The van der Waals surface area contributed by atoms with Crippen LogP contribution in [-0.4, -0.2) is 36.3 Å². The number of aromatic nitrogens is 4. The largest absolute Gasteiger partial charge is 0.481 e. The van der Waals surface area contributed by atoms with Crippen LogP contribution in [0.5, 0.6) is 0 Å². The van der Waals surface area contributed by atoms with Crippen LogP contribution in [0.1, 0.15) is 0 Å². The Hall–Kier alpha value is -2.41. The molecule has 7 heteroatoms. The average molecular weight is 300 g/mol. The van der Waals surface area contributed by atoms with Crippen molar-refractivity contribution in [1.29, 1.82) is 0 Å². The lowest BCUT2D eigenvalue weighted by molar-refractivity contribution is -0.133. The van der Waals surface area contributed by atoms with Gasteiger partial charge in [0.25, 0.3) is 0 Å². The number of nitrogens with zero attached hydrogens (tertiary/aromatic N) is 4. The van der Waals surface area contributed by atoms with Crippen LogP contribution in [0, 0.1) is 0 Å².